The largest absolute Gasteiger partial charge is 0.492 e. The molecule has 0 unspecified atom stereocenters. The summed E-state index contributed by atoms with van der Waals surface area (Å²) in [5.41, 5.74) is 0. The number of benzene rings is 1. The van der Waals surface area contributed by atoms with Gasteiger partial charge in [-0.1, -0.05) is 17.7 Å². The SMILES string of the molecule is CN=C(NCCNS(C)(=O)=O)N(C)CCOc1cccc(Cl)c1.I. The highest BCUT2D eigenvalue weighted by molar-refractivity contribution is 14.0. The minimum Gasteiger partial charge on any atom is -0.492 e. The molecule has 0 aromatic heterocycles. The zero-order valence-electron chi connectivity index (χ0n) is 14.0. The number of guanidine groups is 1. The van der Waals surface area contributed by atoms with Gasteiger partial charge in [-0.15, -0.1) is 24.0 Å². The Bertz CT molecular complexity index is 628. The highest BCUT2D eigenvalue weighted by Crippen LogP contribution is 2.16. The zero-order valence-corrected chi connectivity index (χ0v) is 17.9. The second kappa shape index (κ2) is 11.7. The van der Waals surface area contributed by atoms with Gasteiger partial charge in [-0.25, -0.2) is 13.1 Å². The van der Waals surface area contributed by atoms with Crippen molar-refractivity contribution in [2.45, 2.75) is 0 Å². The number of aliphatic imine (C=N–C) groups is 1. The second-order valence-electron chi connectivity index (χ2n) is 4.87. The third-order valence-corrected chi connectivity index (χ3v) is 3.80. The van der Waals surface area contributed by atoms with Crippen LogP contribution in [0.4, 0.5) is 0 Å². The first-order chi connectivity index (χ1) is 10.8. The highest BCUT2D eigenvalue weighted by Gasteiger charge is 2.06. The Morgan fingerprint density at radius 3 is 2.67 bits per heavy atom. The van der Waals surface area contributed by atoms with E-state index in [9.17, 15) is 8.42 Å². The van der Waals surface area contributed by atoms with Gasteiger partial charge in [-0.05, 0) is 18.2 Å². The standard InChI is InChI=1S/C14H23ClN4O3S.HI/c1-16-14(17-7-8-18-23(3,20)21)19(2)9-10-22-13-6-4-5-12(15)11-13;/h4-6,11,18H,7-10H2,1-3H3,(H,16,17);1H. The first kappa shape index (κ1) is 23.2. The van der Waals surface area contributed by atoms with Crippen molar-refractivity contribution in [1.82, 2.24) is 14.9 Å². The van der Waals surface area contributed by atoms with Crippen LogP contribution in [0.5, 0.6) is 5.75 Å². The van der Waals surface area contributed by atoms with Gasteiger partial charge in [-0.3, -0.25) is 4.99 Å². The fourth-order valence-electron chi connectivity index (χ4n) is 1.76. The fraction of sp³-hybridized carbons (Fsp3) is 0.500. The van der Waals surface area contributed by atoms with E-state index < -0.39 is 10.0 Å². The molecule has 0 fully saturated rings. The smallest absolute Gasteiger partial charge is 0.208 e. The summed E-state index contributed by atoms with van der Waals surface area (Å²) in [4.78, 5) is 6.03. The summed E-state index contributed by atoms with van der Waals surface area (Å²) in [7, 11) is 0.371. The Kier molecular flexibility index (Phi) is 11.3. The molecule has 24 heavy (non-hydrogen) atoms. The quantitative estimate of drug-likeness (QED) is 0.249. The molecule has 7 nitrogen and oxygen atoms in total. The molecule has 0 saturated carbocycles. The molecule has 1 aromatic carbocycles. The van der Waals surface area contributed by atoms with Crippen LogP contribution < -0.4 is 14.8 Å². The molecule has 1 rings (SSSR count). The zero-order chi connectivity index (χ0) is 17.3. The lowest BCUT2D eigenvalue weighted by Gasteiger charge is -2.22. The first-order valence-electron chi connectivity index (χ1n) is 7.06. The minimum atomic E-state index is -3.17. The maximum absolute atomic E-state index is 11.0. The molecule has 1 aromatic rings. The predicted molar refractivity (Wildman–Crippen MR) is 109 cm³/mol. The van der Waals surface area contributed by atoms with Crippen LogP contribution in [0.3, 0.4) is 0 Å². The molecule has 0 aliphatic rings. The Labute approximate surface area is 165 Å². The van der Waals surface area contributed by atoms with E-state index in [1.807, 2.05) is 24.1 Å². The molecular formula is C14H24ClIN4O3S. The van der Waals surface area contributed by atoms with Crippen molar-refractivity contribution < 1.29 is 13.2 Å². The Hall–Kier alpha value is -0.780. The van der Waals surface area contributed by atoms with E-state index in [-0.39, 0.29) is 24.0 Å². The summed E-state index contributed by atoms with van der Waals surface area (Å²) in [5, 5.41) is 3.70. The van der Waals surface area contributed by atoms with Gasteiger partial charge in [0.25, 0.3) is 0 Å². The molecule has 0 heterocycles. The van der Waals surface area contributed by atoms with E-state index in [0.29, 0.717) is 43.0 Å². The lowest BCUT2D eigenvalue weighted by atomic mass is 10.3. The van der Waals surface area contributed by atoms with Crippen LogP contribution in [-0.2, 0) is 10.0 Å². The van der Waals surface area contributed by atoms with Gasteiger partial charge in [0.1, 0.15) is 12.4 Å². The Balaban J connectivity index is 0.00000529. The summed E-state index contributed by atoms with van der Waals surface area (Å²) in [6.07, 6.45) is 1.13. The summed E-state index contributed by atoms with van der Waals surface area (Å²) >= 11 is 5.89. The van der Waals surface area contributed by atoms with Crippen molar-refractivity contribution in [2.24, 2.45) is 4.99 Å². The van der Waals surface area contributed by atoms with Crippen molar-refractivity contribution in [3.05, 3.63) is 29.3 Å². The molecule has 138 valence electrons. The van der Waals surface area contributed by atoms with Crippen LogP contribution in [0.15, 0.2) is 29.3 Å². The molecule has 2 N–H and O–H groups in total. The molecule has 0 saturated heterocycles. The van der Waals surface area contributed by atoms with Crippen LogP contribution >= 0.6 is 35.6 Å². The average Bonchev–Trinajstić information content (AvgIpc) is 2.46. The van der Waals surface area contributed by atoms with Crippen LogP contribution in [0, 0.1) is 0 Å². The molecule has 0 aliphatic heterocycles. The molecule has 0 amide bonds. The molecule has 0 radical (unpaired) electrons. The van der Waals surface area contributed by atoms with Gasteiger partial charge in [-0.2, -0.15) is 0 Å². The van der Waals surface area contributed by atoms with Gasteiger partial charge in [0, 0.05) is 32.2 Å². The van der Waals surface area contributed by atoms with E-state index in [2.05, 4.69) is 15.0 Å². The van der Waals surface area contributed by atoms with Crippen LogP contribution in [0.1, 0.15) is 0 Å². The Morgan fingerprint density at radius 1 is 1.38 bits per heavy atom. The lowest BCUT2D eigenvalue weighted by Crippen LogP contribution is -2.43. The average molecular weight is 491 g/mol. The number of likely N-dealkylation sites (N-methyl/N-ethyl adjacent to an activating group) is 1. The number of nitrogens with one attached hydrogen (secondary N) is 2. The van der Waals surface area contributed by atoms with Crippen molar-refractivity contribution in [3.8, 4) is 5.75 Å². The van der Waals surface area contributed by atoms with E-state index >= 15 is 0 Å². The summed E-state index contributed by atoms with van der Waals surface area (Å²) in [6, 6.07) is 7.22. The fourth-order valence-corrected chi connectivity index (χ4v) is 2.41. The van der Waals surface area contributed by atoms with Crippen molar-refractivity contribution in [3.63, 3.8) is 0 Å². The number of sulfonamides is 1. The van der Waals surface area contributed by atoms with Gasteiger partial charge in [0.05, 0.1) is 12.8 Å². The number of hydrogen-bond acceptors (Lipinski definition) is 4. The molecule has 0 bridgehead atoms. The predicted octanol–water partition coefficient (Wildman–Crippen LogP) is 1.39. The molecule has 0 atom stereocenters. The number of nitrogens with zero attached hydrogens (tertiary/aromatic N) is 2. The van der Waals surface area contributed by atoms with Crippen LogP contribution in [-0.4, -0.2) is 65.9 Å². The summed E-state index contributed by atoms with van der Waals surface area (Å²) in [5.74, 6) is 1.38. The van der Waals surface area contributed by atoms with Gasteiger partial charge < -0.3 is 15.0 Å². The maximum atomic E-state index is 11.0. The molecular weight excluding hydrogens is 467 g/mol. The van der Waals surface area contributed by atoms with Gasteiger partial charge >= 0.3 is 0 Å². The lowest BCUT2D eigenvalue weighted by molar-refractivity contribution is 0.281. The highest BCUT2D eigenvalue weighted by atomic mass is 127. The molecule has 10 heteroatoms. The normalized spacial score (nSPS) is 11.6. The number of ether oxygens (including phenoxy) is 1. The third kappa shape index (κ3) is 10.2. The number of hydrogen-bond donors (Lipinski definition) is 2. The van der Waals surface area contributed by atoms with Crippen molar-refractivity contribution in [2.75, 3.05) is 46.6 Å². The number of halogens is 2. The number of rotatable bonds is 8. The van der Waals surface area contributed by atoms with Crippen molar-refractivity contribution in [1.29, 1.82) is 0 Å². The Morgan fingerprint density at radius 2 is 2.08 bits per heavy atom. The molecule has 0 aliphatic carbocycles. The maximum Gasteiger partial charge on any atom is 0.208 e. The third-order valence-electron chi connectivity index (χ3n) is 2.84. The second-order valence-corrected chi connectivity index (χ2v) is 7.14. The van der Waals surface area contributed by atoms with E-state index in [1.54, 1.807) is 19.2 Å². The summed E-state index contributed by atoms with van der Waals surface area (Å²) < 4.78 is 30.0. The van der Waals surface area contributed by atoms with E-state index in [0.717, 1.165) is 6.26 Å². The van der Waals surface area contributed by atoms with Crippen LogP contribution in [0.2, 0.25) is 5.02 Å². The van der Waals surface area contributed by atoms with Gasteiger partial charge in [0.2, 0.25) is 10.0 Å². The van der Waals surface area contributed by atoms with Crippen LogP contribution in [0.25, 0.3) is 0 Å². The van der Waals surface area contributed by atoms with E-state index in [4.69, 9.17) is 16.3 Å². The monoisotopic (exact) mass is 490 g/mol. The topological polar surface area (TPSA) is 83.0 Å². The summed E-state index contributed by atoms with van der Waals surface area (Å²) in [6.45, 7) is 1.83. The minimum absolute atomic E-state index is 0. The molecule has 0 spiro atoms. The van der Waals surface area contributed by atoms with Crippen molar-refractivity contribution >= 4 is 51.6 Å². The van der Waals surface area contributed by atoms with Gasteiger partial charge in [0.15, 0.2) is 5.96 Å². The van der Waals surface area contributed by atoms with E-state index in [1.165, 1.54) is 0 Å². The first-order valence-corrected chi connectivity index (χ1v) is 9.33.